The van der Waals surface area contributed by atoms with Gasteiger partial charge in [0.1, 0.15) is 0 Å². The minimum atomic E-state index is -0.100. The van der Waals surface area contributed by atoms with E-state index < -0.39 is 0 Å². The predicted molar refractivity (Wildman–Crippen MR) is 60.6 cm³/mol. The van der Waals surface area contributed by atoms with Crippen LogP contribution in [0.5, 0.6) is 0 Å². The molecule has 2 heteroatoms. The summed E-state index contributed by atoms with van der Waals surface area (Å²) >= 11 is 0. The highest BCUT2D eigenvalue weighted by Crippen LogP contribution is 2.40. The third-order valence-corrected chi connectivity index (χ3v) is 4.49. The Morgan fingerprint density at radius 3 is 3.00 bits per heavy atom. The Balaban J connectivity index is 1.83. The number of hydrogen-bond donors (Lipinski definition) is 2. The molecule has 0 aromatic rings. The van der Waals surface area contributed by atoms with Crippen LogP contribution in [-0.4, -0.2) is 23.8 Å². The Bertz CT molecular complexity index is 284. The van der Waals surface area contributed by atoms with E-state index in [1.54, 1.807) is 5.57 Å². The average Bonchev–Trinajstić information content (AvgIpc) is 2.27. The van der Waals surface area contributed by atoms with Gasteiger partial charge in [-0.1, -0.05) is 5.57 Å². The second kappa shape index (κ2) is 3.91. The summed E-state index contributed by atoms with van der Waals surface area (Å²) in [6, 6.07) is 0.725. The molecule has 0 amide bonds. The molecule has 3 unspecified atom stereocenters. The molecule has 2 aliphatic carbocycles. The Morgan fingerprint density at radius 2 is 2.07 bits per heavy atom. The van der Waals surface area contributed by atoms with Crippen LogP contribution in [0.25, 0.3) is 0 Å². The lowest BCUT2D eigenvalue weighted by Crippen LogP contribution is -2.45. The largest absolute Gasteiger partial charge is 0.389 e. The van der Waals surface area contributed by atoms with Crippen LogP contribution in [0, 0.1) is 5.92 Å². The molecule has 1 fully saturated rings. The van der Waals surface area contributed by atoms with Gasteiger partial charge in [0.25, 0.3) is 0 Å². The Morgan fingerprint density at radius 1 is 1.13 bits per heavy atom. The lowest BCUT2D eigenvalue weighted by Gasteiger charge is -2.41. The first-order chi connectivity index (χ1) is 7.34. The standard InChI is InChI=1S/C13H21NO/c15-13-5-1-3-9-8-12-10(7-11(9)13)4-2-6-14-12/h10,12-15H,1-8H2. The fourth-order valence-corrected chi connectivity index (χ4v) is 3.64. The number of hydrogen-bond acceptors (Lipinski definition) is 2. The van der Waals surface area contributed by atoms with E-state index in [0.717, 1.165) is 18.4 Å². The smallest absolute Gasteiger partial charge is 0.0753 e. The van der Waals surface area contributed by atoms with Gasteiger partial charge in [0.15, 0.2) is 0 Å². The summed E-state index contributed by atoms with van der Waals surface area (Å²) in [5.41, 5.74) is 3.01. The van der Waals surface area contributed by atoms with E-state index in [1.807, 2.05) is 0 Å². The molecule has 0 aromatic heterocycles. The van der Waals surface area contributed by atoms with Gasteiger partial charge in [0.05, 0.1) is 6.10 Å². The lowest BCUT2D eigenvalue weighted by molar-refractivity contribution is 0.158. The van der Waals surface area contributed by atoms with Gasteiger partial charge in [-0.3, -0.25) is 0 Å². The molecule has 0 aromatic carbocycles. The highest BCUT2D eigenvalue weighted by atomic mass is 16.3. The molecule has 3 aliphatic rings. The number of aliphatic hydroxyl groups excluding tert-OH is 1. The molecule has 3 atom stereocenters. The fraction of sp³-hybridized carbons (Fsp3) is 0.846. The first-order valence-electron chi connectivity index (χ1n) is 6.47. The Kier molecular flexibility index (Phi) is 2.57. The summed E-state index contributed by atoms with van der Waals surface area (Å²) in [6.07, 6.45) is 8.42. The van der Waals surface area contributed by atoms with Crippen LogP contribution < -0.4 is 5.32 Å². The van der Waals surface area contributed by atoms with Crippen molar-refractivity contribution < 1.29 is 5.11 Å². The van der Waals surface area contributed by atoms with Crippen molar-refractivity contribution in [1.29, 1.82) is 0 Å². The molecular formula is C13H21NO. The third-order valence-electron chi connectivity index (χ3n) is 4.49. The fourth-order valence-electron chi connectivity index (χ4n) is 3.64. The second-order valence-corrected chi connectivity index (χ2v) is 5.41. The van der Waals surface area contributed by atoms with Crippen molar-refractivity contribution in [3.05, 3.63) is 11.1 Å². The van der Waals surface area contributed by atoms with Crippen LogP contribution in [0.4, 0.5) is 0 Å². The Labute approximate surface area is 91.8 Å². The number of piperidine rings is 1. The number of rotatable bonds is 0. The van der Waals surface area contributed by atoms with Crippen LogP contribution >= 0.6 is 0 Å². The van der Waals surface area contributed by atoms with Crippen LogP contribution in [0.15, 0.2) is 11.1 Å². The molecule has 0 spiro atoms. The molecule has 1 heterocycles. The van der Waals surface area contributed by atoms with Crippen molar-refractivity contribution in [1.82, 2.24) is 5.32 Å². The first kappa shape index (κ1) is 9.86. The van der Waals surface area contributed by atoms with Crippen LogP contribution in [0.2, 0.25) is 0 Å². The zero-order chi connectivity index (χ0) is 10.3. The zero-order valence-corrected chi connectivity index (χ0v) is 9.34. The van der Waals surface area contributed by atoms with Gasteiger partial charge in [-0.25, -0.2) is 0 Å². The SMILES string of the molecule is OC1CCCC2=C1CC1CCCNC1C2. The average molecular weight is 207 g/mol. The van der Waals surface area contributed by atoms with Gasteiger partial charge in [-0.2, -0.15) is 0 Å². The van der Waals surface area contributed by atoms with E-state index in [4.69, 9.17) is 0 Å². The van der Waals surface area contributed by atoms with Crippen molar-refractivity contribution >= 4 is 0 Å². The van der Waals surface area contributed by atoms with Gasteiger partial charge >= 0.3 is 0 Å². The monoisotopic (exact) mass is 207 g/mol. The second-order valence-electron chi connectivity index (χ2n) is 5.41. The molecule has 0 bridgehead atoms. The lowest BCUT2D eigenvalue weighted by atomic mass is 9.71. The molecule has 1 aliphatic heterocycles. The minimum Gasteiger partial charge on any atom is -0.389 e. The quantitative estimate of drug-likeness (QED) is 0.595. The minimum absolute atomic E-state index is 0.100. The first-order valence-corrected chi connectivity index (χ1v) is 6.47. The van der Waals surface area contributed by atoms with Crippen molar-refractivity contribution in [3.8, 4) is 0 Å². The molecular weight excluding hydrogens is 186 g/mol. The van der Waals surface area contributed by atoms with E-state index in [1.165, 1.54) is 50.6 Å². The maximum absolute atomic E-state index is 10.0. The molecule has 0 radical (unpaired) electrons. The third kappa shape index (κ3) is 1.74. The molecule has 2 N–H and O–H groups in total. The zero-order valence-electron chi connectivity index (χ0n) is 9.34. The summed E-state index contributed by atoms with van der Waals surface area (Å²) < 4.78 is 0. The van der Waals surface area contributed by atoms with E-state index in [9.17, 15) is 5.11 Å². The Hall–Kier alpha value is -0.340. The summed E-state index contributed by atoms with van der Waals surface area (Å²) in [4.78, 5) is 0. The summed E-state index contributed by atoms with van der Waals surface area (Å²) in [5, 5.41) is 13.7. The van der Waals surface area contributed by atoms with Gasteiger partial charge in [-0.05, 0) is 63.0 Å². The molecule has 2 nitrogen and oxygen atoms in total. The number of aliphatic hydroxyl groups is 1. The van der Waals surface area contributed by atoms with Crippen molar-refractivity contribution in [2.45, 2.75) is 57.1 Å². The van der Waals surface area contributed by atoms with Gasteiger partial charge in [-0.15, -0.1) is 0 Å². The molecule has 3 rings (SSSR count). The predicted octanol–water partition coefficient (Wildman–Crippen LogP) is 1.99. The van der Waals surface area contributed by atoms with E-state index >= 15 is 0 Å². The molecule has 1 saturated heterocycles. The summed E-state index contributed by atoms with van der Waals surface area (Å²) in [6.45, 7) is 1.20. The highest BCUT2D eigenvalue weighted by molar-refractivity contribution is 5.26. The number of nitrogens with one attached hydrogen (secondary N) is 1. The van der Waals surface area contributed by atoms with Crippen molar-refractivity contribution in [2.24, 2.45) is 5.92 Å². The van der Waals surface area contributed by atoms with Crippen molar-refractivity contribution in [3.63, 3.8) is 0 Å². The van der Waals surface area contributed by atoms with E-state index in [-0.39, 0.29) is 6.10 Å². The van der Waals surface area contributed by atoms with Crippen LogP contribution in [0.3, 0.4) is 0 Å². The van der Waals surface area contributed by atoms with Crippen LogP contribution in [-0.2, 0) is 0 Å². The molecule has 0 saturated carbocycles. The van der Waals surface area contributed by atoms with E-state index in [2.05, 4.69) is 5.32 Å². The number of fused-ring (bicyclic) bond motifs is 1. The molecule has 15 heavy (non-hydrogen) atoms. The maximum Gasteiger partial charge on any atom is 0.0753 e. The van der Waals surface area contributed by atoms with Gasteiger partial charge < -0.3 is 10.4 Å². The maximum atomic E-state index is 10.0. The van der Waals surface area contributed by atoms with Crippen LogP contribution in [0.1, 0.15) is 44.9 Å². The highest BCUT2D eigenvalue weighted by Gasteiger charge is 2.34. The van der Waals surface area contributed by atoms with Crippen molar-refractivity contribution in [2.75, 3.05) is 6.54 Å². The normalized spacial score (nSPS) is 41.0. The molecule has 84 valence electrons. The van der Waals surface area contributed by atoms with Gasteiger partial charge in [0, 0.05) is 6.04 Å². The van der Waals surface area contributed by atoms with Gasteiger partial charge in [0.2, 0.25) is 0 Å². The topological polar surface area (TPSA) is 32.3 Å². The van der Waals surface area contributed by atoms with E-state index in [0.29, 0.717) is 0 Å². The summed E-state index contributed by atoms with van der Waals surface area (Å²) in [7, 11) is 0. The summed E-state index contributed by atoms with van der Waals surface area (Å²) in [5.74, 6) is 0.810.